The lowest BCUT2D eigenvalue weighted by molar-refractivity contribution is -0.139. The monoisotopic (exact) mass is 100 g/mol. The van der Waals surface area contributed by atoms with E-state index >= 15 is 0 Å². The largest absolute Gasteiger partial charge is 0.464 e. The Morgan fingerprint density at radius 3 is 2.71 bits per heavy atom. The Balaban J connectivity index is 2.48. The Morgan fingerprint density at radius 1 is 1.86 bits per heavy atom. The van der Waals surface area contributed by atoms with E-state index in [0.717, 1.165) is 0 Å². The molecule has 3 nitrogen and oxygen atoms in total. The van der Waals surface area contributed by atoms with E-state index in [2.05, 4.69) is 4.74 Å². The summed E-state index contributed by atoms with van der Waals surface area (Å²) in [6, 6.07) is -0.597. The summed E-state index contributed by atoms with van der Waals surface area (Å²) < 4.78 is 4.44. The highest BCUT2D eigenvalue weighted by atomic mass is 16.5. The number of carbonyl (C=O) groups excluding carboxylic acids is 1. The van der Waals surface area contributed by atoms with Crippen LogP contribution in [0, 0.1) is 0 Å². The number of hydrogen-bond donors (Lipinski definition) is 0. The first-order chi connectivity index (χ1) is 3.30. The molecule has 0 aromatic carbocycles. The lowest BCUT2D eigenvalue weighted by atomic mass is 10.3. The molecule has 39 valence electrons. The van der Waals surface area contributed by atoms with Crippen LogP contribution in [0.15, 0.2) is 0 Å². The molecule has 1 heterocycles. The van der Waals surface area contributed by atoms with Gasteiger partial charge >= 0.3 is 5.97 Å². The van der Waals surface area contributed by atoms with Crippen molar-refractivity contribution in [3.05, 3.63) is 0 Å². The molecule has 7 heavy (non-hydrogen) atoms. The molecule has 0 bridgehead atoms. The molecule has 1 atom stereocenters. The van der Waals surface area contributed by atoms with Gasteiger partial charge in [0, 0.05) is 6.42 Å². The highest BCUT2D eigenvalue weighted by Gasteiger charge is 2.21. The van der Waals surface area contributed by atoms with Crippen LogP contribution in [-0.4, -0.2) is 18.6 Å². The van der Waals surface area contributed by atoms with Gasteiger partial charge in [-0.05, 0) is 0 Å². The van der Waals surface area contributed by atoms with Crippen LogP contribution >= 0.6 is 0 Å². The molecule has 3 heteroatoms. The highest BCUT2D eigenvalue weighted by molar-refractivity contribution is 5.76. The molecule has 1 aliphatic rings. The van der Waals surface area contributed by atoms with Gasteiger partial charge in [-0.2, -0.15) is 0 Å². The fraction of sp³-hybridized carbons (Fsp3) is 0.750. The Bertz CT molecular complexity index is 91.7. The molecule has 1 fully saturated rings. The topological polar surface area (TPSA) is 50.1 Å². The zero-order valence-electron chi connectivity index (χ0n) is 3.81. The highest BCUT2D eigenvalue weighted by Crippen LogP contribution is 2.02. The summed E-state index contributed by atoms with van der Waals surface area (Å²) >= 11 is 0. The number of hydrogen-bond acceptors (Lipinski definition) is 2. The fourth-order valence-corrected chi connectivity index (χ4v) is 0.496. The third-order valence-electron chi connectivity index (χ3n) is 0.935. The first kappa shape index (κ1) is 4.59. The van der Waals surface area contributed by atoms with E-state index in [1.54, 1.807) is 0 Å². The van der Waals surface area contributed by atoms with Crippen molar-refractivity contribution in [1.29, 1.82) is 0 Å². The maximum absolute atomic E-state index is 10.2. The zero-order valence-corrected chi connectivity index (χ0v) is 3.81. The molecule has 0 aromatic rings. The van der Waals surface area contributed by atoms with Crippen molar-refractivity contribution < 1.29 is 9.53 Å². The molecule has 0 unspecified atom stereocenters. The number of cyclic esters (lactones) is 1. The van der Waals surface area contributed by atoms with Crippen LogP contribution in [0.1, 0.15) is 6.42 Å². The summed E-state index contributed by atoms with van der Waals surface area (Å²) in [5.41, 5.74) is 6.86. The summed E-state index contributed by atoms with van der Waals surface area (Å²) in [6.07, 6.45) is 0.568. The van der Waals surface area contributed by atoms with Crippen molar-refractivity contribution in [1.82, 2.24) is 5.73 Å². The van der Waals surface area contributed by atoms with Gasteiger partial charge in [0.05, 0.1) is 6.61 Å². The molecule has 0 spiro atoms. The number of ether oxygens (including phenoxy) is 1. The minimum Gasteiger partial charge on any atom is -0.464 e. The molecule has 0 aliphatic carbocycles. The molecular weight excluding hydrogens is 94.0 g/mol. The van der Waals surface area contributed by atoms with Gasteiger partial charge < -0.3 is 4.74 Å². The van der Waals surface area contributed by atoms with E-state index in [1.807, 2.05) is 0 Å². The Hall–Kier alpha value is -0.570. The molecular formula is C4H6NO2. The van der Waals surface area contributed by atoms with Gasteiger partial charge in [0.25, 0.3) is 0 Å². The second kappa shape index (κ2) is 1.50. The first-order valence-electron chi connectivity index (χ1n) is 2.18. The minimum atomic E-state index is -0.597. The predicted molar refractivity (Wildman–Crippen MR) is 22.5 cm³/mol. The average molecular weight is 100 g/mol. The standard InChI is InChI=1S/C4H6NO2/c5-3-1-2-7-4(3)6/h3,5H,1-2H2/t3-/m0/s1. The van der Waals surface area contributed by atoms with Crippen molar-refractivity contribution >= 4 is 5.97 Å². The van der Waals surface area contributed by atoms with Crippen LogP contribution in [0.4, 0.5) is 0 Å². The van der Waals surface area contributed by atoms with Gasteiger partial charge in [0.1, 0.15) is 6.04 Å². The Kier molecular flexibility index (Phi) is 0.982. The van der Waals surface area contributed by atoms with Gasteiger partial charge in [0.2, 0.25) is 0 Å². The number of carbonyl (C=O) groups is 1. The second-order valence-electron chi connectivity index (χ2n) is 1.51. The smallest absolute Gasteiger partial charge is 0.324 e. The molecule has 1 aliphatic heterocycles. The zero-order chi connectivity index (χ0) is 5.28. The lowest BCUT2D eigenvalue weighted by Gasteiger charge is -1.88. The molecule has 1 saturated heterocycles. The van der Waals surface area contributed by atoms with E-state index in [-0.39, 0.29) is 5.97 Å². The van der Waals surface area contributed by atoms with E-state index in [4.69, 9.17) is 5.73 Å². The van der Waals surface area contributed by atoms with Crippen LogP contribution in [-0.2, 0) is 9.53 Å². The SMILES string of the molecule is [NH][C@H]1CCOC1=O. The fourth-order valence-electron chi connectivity index (χ4n) is 0.496. The van der Waals surface area contributed by atoms with Crippen molar-refractivity contribution in [3.63, 3.8) is 0 Å². The van der Waals surface area contributed by atoms with Crippen LogP contribution < -0.4 is 5.73 Å². The summed E-state index contributed by atoms with van der Waals surface area (Å²) in [4.78, 5) is 10.2. The normalized spacial score (nSPS) is 30.4. The molecule has 1 radical (unpaired) electrons. The van der Waals surface area contributed by atoms with E-state index in [9.17, 15) is 4.79 Å². The molecule has 0 amide bonds. The van der Waals surface area contributed by atoms with Crippen LogP contribution in [0.5, 0.6) is 0 Å². The van der Waals surface area contributed by atoms with Crippen molar-refractivity contribution in [2.24, 2.45) is 0 Å². The Labute approximate surface area is 41.4 Å². The third kappa shape index (κ3) is 0.718. The maximum Gasteiger partial charge on any atom is 0.324 e. The summed E-state index contributed by atoms with van der Waals surface area (Å²) in [5, 5.41) is 0. The van der Waals surface area contributed by atoms with Crippen molar-refractivity contribution in [2.75, 3.05) is 6.61 Å². The van der Waals surface area contributed by atoms with Crippen LogP contribution in [0.25, 0.3) is 0 Å². The van der Waals surface area contributed by atoms with Crippen LogP contribution in [0.3, 0.4) is 0 Å². The molecule has 1 rings (SSSR count). The van der Waals surface area contributed by atoms with E-state index in [1.165, 1.54) is 0 Å². The van der Waals surface area contributed by atoms with E-state index in [0.29, 0.717) is 13.0 Å². The van der Waals surface area contributed by atoms with Gasteiger partial charge in [-0.25, -0.2) is 5.73 Å². The second-order valence-corrected chi connectivity index (χ2v) is 1.51. The van der Waals surface area contributed by atoms with Gasteiger partial charge in [0.15, 0.2) is 0 Å². The van der Waals surface area contributed by atoms with Gasteiger partial charge in [-0.3, -0.25) is 4.79 Å². The average Bonchev–Trinajstić information content (AvgIpc) is 1.91. The summed E-state index contributed by atoms with van der Waals surface area (Å²) in [5.74, 6) is -0.375. The van der Waals surface area contributed by atoms with Crippen molar-refractivity contribution in [2.45, 2.75) is 12.5 Å². The molecule has 0 aromatic heterocycles. The van der Waals surface area contributed by atoms with Gasteiger partial charge in [-0.15, -0.1) is 0 Å². The van der Waals surface area contributed by atoms with Crippen molar-refractivity contribution in [3.8, 4) is 0 Å². The number of rotatable bonds is 0. The predicted octanol–water partition coefficient (Wildman–Crippen LogP) is -0.415. The quantitative estimate of drug-likeness (QED) is 0.388. The Morgan fingerprint density at radius 2 is 2.57 bits per heavy atom. The molecule has 0 saturated carbocycles. The lowest BCUT2D eigenvalue weighted by Crippen LogP contribution is -2.14. The minimum absolute atomic E-state index is 0.375. The number of esters is 1. The maximum atomic E-state index is 10.2. The van der Waals surface area contributed by atoms with Gasteiger partial charge in [-0.1, -0.05) is 0 Å². The third-order valence-corrected chi connectivity index (χ3v) is 0.935. The molecule has 1 N–H and O–H groups in total. The van der Waals surface area contributed by atoms with Crippen LogP contribution in [0.2, 0.25) is 0 Å². The number of nitrogens with one attached hydrogen (secondary N) is 1. The first-order valence-corrected chi connectivity index (χ1v) is 2.18. The summed E-state index contributed by atoms with van der Waals surface area (Å²) in [7, 11) is 0. The van der Waals surface area contributed by atoms with E-state index < -0.39 is 6.04 Å². The summed E-state index contributed by atoms with van der Waals surface area (Å²) in [6.45, 7) is 0.438.